The highest BCUT2D eigenvalue weighted by molar-refractivity contribution is 7.14. The summed E-state index contributed by atoms with van der Waals surface area (Å²) in [6.07, 6.45) is 0. The van der Waals surface area contributed by atoms with Gasteiger partial charge in [0.2, 0.25) is 0 Å². The Morgan fingerprint density at radius 2 is 1.79 bits per heavy atom. The Morgan fingerprint density at radius 1 is 1.05 bits per heavy atom. The summed E-state index contributed by atoms with van der Waals surface area (Å²) in [6.45, 7) is 1.88. The summed E-state index contributed by atoms with van der Waals surface area (Å²) in [5.41, 5.74) is 1.99. The highest BCUT2D eigenvalue weighted by atomic mass is 32.1. The van der Waals surface area contributed by atoms with Crippen molar-refractivity contribution in [1.29, 1.82) is 0 Å². The van der Waals surface area contributed by atoms with Crippen LogP contribution in [0, 0.1) is 6.92 Å². The maximum absolute atomic E-state index is 12.2. The standard InChI is InChI=1S/C14H14N2O2S/c1-9-5-3-4-6-10(9)13(18)16-14-11(7-8-19-14)12(17)15-2/h3-8H,1-2H3,(H,15,17)(H,16,18). The number of carbonyl (C=O) groups excluding carboxylic acids is 2. The maximum Gasteiger partial charge on any atom is 0.256 e. The molecule has 0 aliphatic carbocycles. The third-order valence-electron chi connectivity index (χ3n) is 2.75. The Hall–Kier alpha value is -2.14. The van der Waals surface area contributed by atoms with Gasteiger partial charge in [-0.1, -0.05) is 18.2 Å². The molecule has 1 aromatic heterocycles. The first kappa shape index (κ1) is 13.3. The van der Waals surface area contributed by atoms with Crippen molar-refractivity contribution in [3.05, 3.63) is 52.4 Å². The molecular weight excluding hydrogens is 260 g/mol. The van der Waals surface area contributed by atoms with Gasteiger partial charge >= 0.3 is 0 Å². The highest BCUT2D eigenvalue weighted by Gasteiger charge is 2.15. The molecule has 0 spiro atoms. The van der Waals surface area contributed by atoms with Gasteiger partial charge in [-0.2, -0.15) is 0 Å². The molecule has 0 atom stereocenters. The highest BCUT2D eigenvalue weighted by Crippen LogP contribution is 2.24. The Labute approximate surface area is 115 Å². The summed E-state index contributed by atoms with van der Waals surface area (Å²) in [7, 11) is 1.56. The lowest BCUT2D eigenvalue weighted by atomic mass is 10.1. The van der Waals surface area contributed by atoms with E-state index < -0.39 is 0 Å². The van der Waals surface area contributed by atoms with E-state index in [2.05, 4.69) is 10.6 Å². The van der Waals surface area contributed by atoms with Crippen molar-refractivity contribution in [2.24, 2.45) is 0 Å². The number of thiophene rings is 1. The zero-order valence-corrected chi connectivity index (χ0v) is 11.5. The van der Waals surface area contributed by atoms with E-state index in [0.717, 1.165) is 5.56 Å². The van der Waals surface area contributed by atoms with E-state index in [1.165, 1.54) is 11.3 Å². The smallest absolute Gasteiger partial charge is 0.256 e. The van der Waals surface area contributed by atoms with Gasteiger partial charge < -0.3 is 10.6 Å². The average molecular weight is 274 g/mol. The van der Waals surface area contributed by atoms with Crippen LogP contribution >= 0.6 is 11.3 Å². The molecule has 0 unspecified atom stereocenters. The SMILES string of the molecule is CNC(=O)c1ccsc1NC(=O)c1ccccc1C. The van der Waals surface area contributed by atoms with E-state index in [1.807, 2.05) is 25.1 Å². The molecule has 2 rings (SSSR count). The minimum atomic E-state index is -0.207. The predicted octanol–water partition coefficient (Wildman–Crippen LogP) is 2.67. The van der Waals surface area contributed by atoms with Gasteiger partial charge in [-0.05, 0) is 30.0 Å². The van der Waals surface area contributed by atoms with Gasteiger partial charge in [0.1, 0.15) is 5.00 Å². The van der Waals surface area contributed by atoms with Gasteiger partial charge in [0.25, 0.3) is 11.8 Å². The molecule has 19 heavy (non-hydrogen) atoms. The first-order chi connectivity index (χ1) is 9.13. The van der Waals surface area contributed by atoms with Gasteiger partial charge in [-0.15, -0.1) is 11.3 Å². The molecule has 2 aromatic rings. The molecule has 0 bridgehead atoms. The van der Waals surface area contributed by atoms with Crippen molar-refractivity contribution in [3.63, 3.8) is 0 Å². The lowest BCUT2D eigenvalue weighted by Crippen LogP contribution is -2.20. The number of amides is 2. The number of hydrogen-bond acceptors (Lipinski definition) is 3. The van der Waals surface area contributed by atoms with Crippen LogP contribution in [0.15, 0.2) is 35.7 Å². The minimum Gasteiger partial charge on any atom is -0.355 e. The summed E-state index contributed by atoms with van der Waals surface area (Å²) in [4.78, 5) is 23.8. The van der Waals surface area contributed by atoms with E-state index in [9.17, 15) is 9.59 Å². The summed E-state index contributed by atoms with van der Waals surface area (Å²) < 4.78 is 0. The number of rotatable bonds is 3. The molecular formula is C14H14N2O2S. The molecule has 1 heterocycles. The zero-order chi connectivity index (χ0) is 13.8. The van der Waals surface area contributed by atoms with Crippen LogP contribution in [0.3, 0.4) is 0 Å². The van der Waals surface area contributed by atoms with Crippen LogP contribution in [0.25, 0.3) is 0 Å². The molecule has 0 aliphatic heterocycles. The summed E-state index contributed by atoms with van der Waals surface area (Å²) in [5, 5.41) is 7.67. The molecule has 5 heteroatoms. The maximum atomic E-state index is 12.2. The van der Waals surface area contributed by atoms with Crippen molar-refractivity contribution in [2.75, 3.05) is 12.4 Å². The Balaban J connectivity index is 2.23. The Morgan fingerprint density at radius 3 is 2.47 bits per heavy atom. The lowest BCUT2D eigenvalue weighted by Gasteiger charge is -2.07. The van der Waals surface area contributed by atoms with Crippen molar-refractivity contribution >= 4 is 28.2 Å². The Bertz CT molecular complexity index is 619. The van der Waals surface area contributed by atoms with E-state index in [0.29, 0.717) is 16.1 Å². The molecule has 2 amide bonds. The zero-order valence-electron chi connectivity index (χ0n) is 10.7. The molecule has 0 saturated heterocycles. The largest absolute Gasteiger partial charge is 0.355 e. The normalized spacial score (nSPS) is 10.0. The number of benzene rings is 1. The molecule has 98 valence electrons. The Kier molecular flexibility index (Phi) is 3.97. The molecule has 2 N–H and O–H groups in total. The molecule has 4 nitrogen and oxygen atoms in total. The summed E-state index contributed by atoms with van der Waals surface area (Å²) >= 11 is 1.33. The fourth-order valence-electron chi connectivity index (χ4n) is 1.72. The lowest BCUT2D eigenvalue weighted by molar-refractivity contribution is 0.0964. The van der Waals surface area contributed by atoms with Gasteiger partial charge in [-0.25, -0.2) is 0 Å². The molecule has 0 fully saturated rings. The third-order valence-corrected chi connectivity index (χ3v) is 3.58. The van der Waals surface area contributed by atoms with Crippen LogP contribution in [0.1, 0.15) is 26.3 Å². The van der Waals surface area contributed by atoms with Crippen LogP contribution in [-0.2, 0) is 0 Å². The quantitative estimate of drug-likeness (QED) is 0.904. The first-order valence-corrected chi connectivity index (χ1v) is 6.68. The van der Waals surface area contributed by atoms with Crippen molar-refractivity contribution < 1.29 is 9.59 Å². The van der Waals surface area contributed by atoms with Crippen LogP contribution in [0.2, 0.25) is 0 Å². The van der Waals surface area contributed by atoms with Gasteiger partial charge in [0.05, 0.1) is 5.56 Å². The van der Waals surface area contributed by atoms with E-state index in [-0.39, 0.29) is 11.8 Å². The van der Waals surface area contributed by atoms with E-state index >= 15 is 0 Å². The summed E-state index contributed by atoms with van der Waals surface area (Å²) in [5.74, 6) is -0.410. The fraction of sp³-hybridized carbons (Fsp3) is 0.143. The predicted molar refractivity (Wildman–Crippen MR) is 76.8 cm³/mol. The third kappa shape index (κ3) is 2.82. The number of carbonyl (C=O) groups is 2. The van der Waals surface area contributed by atoms with Crippen molar-refractivity contribution in [2.45, 2.75) is 6.92 Å². The number of hydrogen-bond donors (Lipinski definition) is 2. The number of anilines is 1. The molecule has 0 aliphatic rings. The van der Waals surface area contributed by atoms with Crippen molar-refractivity contribution in [1.82, 2.24) is 5.32 Å². The topological polar surface area (TPSA) is 58.2 Å². The van der Waals surface area contributed by atoms with E-state index in [4.69, 9.17) is 0 Å². The monoisotopic (exact) mass is 274 g/mol. The number of aryl methyl sites for hydroxylation is 1. The molecule has 0 radical (unpaired) electrons. The molecule has 1 aromatic carbocycles. The van der Waals surface area contributed by atoms with Crippen LogP contribution in [0.5, 0.6) is 0 Å². The molecule has 0 saturated carbocycles. The van der Waals surface area contributed by atoms with Gasteiger partial charge in [-0.3, -0.25) is 9.59 Å². The van der Waals surface area contributed by atoms with Gasteiger partial charge in [0, 0.05) is 12.6 Å². The minimum absolute atomic E-state index is 0.203. The van der Waals surface area contributed by atoms with Crippen molar-refractivity contribution in [3.8, 4) is 0 Å². The van der Waals surface area contributed by atoms with Gasteiger partial charge in [0.15, 0.2) is 0 Å². The number of nitrogens with one attached hydrogen (secondary N) is 2. The van der Waals surface area contributed by atoms with Crippen LogP contribution in [0.4, 0.5) is 5.00 Å². The van der Waals surface area contributed by atoms with Crippen LogP contribution in [-0.4, -0.2) is 18.9 Å². The second-order valence-corrected chi connectivity index (χ2v) is 4.93. The average Bonchev–Trinajstić information content (AvgIpc) is 2.86. The summed E-state index contributed by atoms with van der Waals surface area (Å²) in [6, 6.07) is 9.03. The van der Waals surface area contributed by atoms with Crippen LogP contribution < -0.4 is 10.6 Å². The van der Waals surface area contributed by atoms with E-state index in [1.54, 1.807) is 24.6 Å². The fourth-order valence-corrected chi connectivity index (χ4v) is 2.50. The first-order valence-electron chi connectivity index (χ1n) is 5.80. The second kappa shape index (κ2) is 5.67. The second-order valence-electron chi connectivity index (χ2n) is 4.01.